The number of aromatic nitrogens is 2. The molecule has 4 heteroatoms. The fourth-order valence-electron chi connectivity index (χ4n) is 3.99. The van der Waals surface area contributed by atoms with Crippen molar-refractivity contribution in [2.24, 2.45) is 0 Å². The van der Waals surface area contributed by atoms with Crippen molar-refractivity contribution < 1.29 is 9.13 Å². The summed E-state index contributed by atoms with van der Waals surface area (Å²) in [7, 11) is 0. The van der Waals surface area contributed by atoms with E-state index in [1.807, 2.05) is 48.5 Å². The van der Waals surface area contributed by atoms with Crippen LogP contribution in [0, 0.1) is 0 Å². The lowest BCUT2D eigenvalue weighted by Crippen LogP contribution is -2.33. The molecule has 0 saturated carbocycles. The van der Waals surface area contributed by atoms with Crippen molar-refractivity contribution in [2.45, 2.75) is 38.8 Å². The van der Waals surface area contributed by atoms with E-state index in [9.17, 15) is 0 Å². The zero-order valence-corrected chi connectivity index (χ0v) is 22.0. The van der Waals surface area contributed by atoms with E-state index < -0.39 is 0 Å². The van der Waals surface area contributed by atoms with Gasteiger partial charge >= 0.3 is 0 Å². The zero-order valence-electron chi connectivity index (χ0n) is 20.4. The third kappa shape index (κ3) is 8.19. The molecule has 0 N–H and O–H groups in total. The summed E-state index contributed by atoms with van der Waals surface area (Å²) in [4.78, 5) is 0. The third-order valence-electron chi connectivity index (χ3n) is 6.14. The summed E-state index contributed by atoms with van der Waals surface area (Å²) in [5.41, 5.74) is 4.42. The molecular formula is C32H32Cl2N2+2. The molecule has 0 aliphatic carbocycles. The number of benzene rings is 2. The molecule has 4 rings (SSSR count). The minimum Gasteiger partial charge on any atom is -0.205 e. The highest BCUT2D eigenvalue weighted by atomic mass is 35.5. The monoisotopic (exact) mass is 514 g/mol. The molecular weight excluding hydrogens is 483 g/mol. The van der Waals surface area contributed by atoms with E-state index >= 15 is 0 Å². The van der Waals surface area contributed by atoms with Crippen LogP contribution in [0.25, 0.3) is 24.3 Å². The number of hydrogen-bond acceptors (Lipinski definition) is 0. The van der Waals surface area contributed by atoms with Gasteiger partial charge in [0.2, 0.25) is 0 Å². The third-order valence-corrected chi connectivity index (χ3v) is 6.83. The number of pyridine rings is 2. The smallest absolute Gasteiger partial charge is 0.169 e. The van der Waals surface area contributed by atoms with Crippen LogP contribution >= 0.6 is 23.2 Å². The van der Waals surface area contributed by atoms with Crippen LogP contribution in [0.2, 0.25) is 10.0 Å². The van der Waals surface area contributed by atoms with Crippen LogP contribution in [0.15, 0.2) is 97.6 Å². The summed E-state index contributed by atoms with van der Waals surface area (Å²) in [5, 5.41) is 1.55. The molecule has 0 unspecified atom stereocenters. The van der Waals surface area contributed by atoms with Gasteiger partial charge in [-0.05, 0) is 47.2 Å². The largest absolute Gasteiger partial charge is 0.205 e. The van der Waals surface area contributed by atoms with Crippen LogP contribution < -0.4 is 9.13 Å². The molecule has 0 bridgehead atoms. The van der Waals surface area contributed by atoms with Crippen molar-refractivity contribution in [2.75, 3.05) is 0 Å². The molecule has 2 aromatic carbocycles. The summed E-state index contributed by atoms with van der Waals surface area (Å²) in [5.74, 6) is 0. The molecule has 0 atom stereocenters. The van der Waals surface area contributed by atoms with Crippen LogP contribution in [0.3, 0.4) is 0 Å². The highest BCUT2D eigenvalue weighted by molar-refractivity contribution is 6.32. The van der Waals surface area contributed by atoms with Gasteiger partial charge in [-0.15, -0.1) is 0 Å². The Morgan fingerprint density at radius 1 is 0.472 bits per heavy atom. The van der Waals surface area contributed by atoms with E-state index in [-0.39, 0.29) is 0 Å². The average Bonchev–Trinajstić information content (AvgIpc) is 2.91. The summed E-state index contributed by atoms with van der Waals surface area (Å²) < 4.78 is 4.52. The van der Waals surface area contributed by atoms with E-state index in [1.54, 1.807) is 0 Å². The van der Waals surface area contributed by atoms with Crippen LogP contribution in [0.5, 0.6) is 0 Å². The molecule has 0 radical (unpaired) electrons. The molecule has 36 heavy (non-hydrogen) atoms. The van der Waals surface area contributed by atoms with Crippen molar-refractivity contribution in [3.63, 3.8) is 0 Å². The zero-order chi connectivity index (χ0) is 25.0. The Hall–Kier alpha value is -3.20. The van der Waals surface area contributed by atoms with Gasteiger partial charge in [0.05, 0.1) is 0 Å². The van der Waals surface area contributed by atoms with Crippen molar-refractivity contribution >= 4 is 47.5 Å². The van der Waals surface area contributed by atoms with E-state index in [2.05, 4.69) is 82.5 Å². The van der Waals surface area contributed by atoms with Crippen molar-refractivity contribution in [3.05, 3.63) is 130 Å². The number of unbranched alkanes of at least 4 members (excludes halogenated alkanes) is 3. The molecule has 0 aliphatic rings. The molecule has 2 heterocycles. The first-order chi connectivity index (χ1) is 17.7. The standard InChI is InChI=1S/C32H32Cl2N2/c33-31-11-5-3-9-29(31)15-13-27-17-23-35(24-18-27)21-7-1-2-8-22-36-25-19-28(20-26-36)14-16-30-10-4-6-12-32(30)34/h3-6,9-20,23-26H,1-2,7-8,21-22H2/q+2/b15-13+,16-14+. The first-order valence-corrected chi connectivity index (χ1v) is 13.3. The normalized spacial score (nSPS) is 11.5. The summed E-state index contributed by atoms with van der Waals surface area (Å²) in [6, 6.07) is 24.4. The summed E-state index contributed by atoms with van der Waals surface area (Å²) >= 11 is 12.4. The van der Waals surface area contributed by atoms with E-state index in [0.717, 1.165) is 34.3 Å². The molecule has 2 aromatic heterocycles. The number of halogens is 2. The highest BCUT2D eigenvalue weighted by Gasteiger charge is 2.03. The molecule has 0 saturated heterocycles. The lowest BCUT2D eigenvalue weighted by Gasteiger charge is -2.00. The molecule has 182 valence electrons. The maximum atomic E-state index is 6.22. The van der Waals surface area contributed by atoms with Gasteiger partial charge in [0.25, 0.3) is 0 Å². The lowest BCUT2D eigenvalue weighted by atomic mass is 10.1. The SMILES string of the molecule is Clc1ccccc1/C=C/c1cc[n+](CCCCCC[n+]2ccc(/C=C/c3ccccc3Cl)cc2)cc1. The second kappa shape index (κ2) is 13.8. The van der Waals surface area contributed by atoms with Gasteiger partial charge in [0.1, 0.15) is 13.1 Å². The van der Waals surface area contributed by atoms with Gasteiger partial charge in [-0.3, -0.25) is 0 Å². The predicted molar refractivity (Wildman–Crippen MR) is 153 cm³/mol. The van der Waals surface area contributed by atoms with Gasteiger partial charge < -0.3 is 0 Å². The van der Waals surface area contributed by atoms with Crippen LogP contribution in [0.4, 0.5) is 0 Å². The number of nitrogens with zero attached hydrogens (tertiary/aromatic N) is 2. The van der Waals surface area contributed by atoms with Crippen LogP contribution in [-0.4, -0.2) is 0 Å². The number of rotatable bonds is 11. The van der Waals surface area contributed by atoms with E-state index in [0.29, 0.717) is 0 Å². The Morgan fingerprint density at radius 3 is 1.25 bits per heavy atom. The minimum atomic E-state index is 0.775. The summed E-state index contributed by atoms with van der Waals surface area (Å²) in [6.45, 7) is 2.10. The predicted octanol–water partition coefficient (Wildman–Crippen LogP) is 8.17. The van der Waals surface area contributed by atoms with Gasteiger partial charge in [-0.25, -0.2) is 9.13 Å². The van der Waals surface area contributed by atoms with Crippen molar-refractivity contribution in [1.29, 1.82) is 0 Å². The number of aryl methyl sites for hydroxylation is 2. The summed E-state index contributed by atoms with van der Waals surface area (Å²) in [6.07, 6.45) is 21.8. The topological polar surface area (TPSA) is 7.76 Å². The quantitative estimate of drug-likeness (QED) is 0.141. The van der Waals surface area contributed by atoms with Gasteiger partial charge in [-0.1, -0.05) is 83.9 Å². The van der Waals surface area contributed by atoms with Crippen LogP contribution in [-0.2, 0) is 13.1 Å². The molecule has 4 aromatic rings. The fraction of sp³-hybridized carbons (Fsp3) is 0.188. The van der Waals surface area contributed by atoms with Crippen molar-refractivity contribution in [3.8, 4) is 0 Å². The molecule has 0 fully saturated rings. The maximum absolute atomic E-state index is 6.22. The van der Waals surface area contributed by atoms with E-state index in [4.69, 9.17) is 23.2 Å². The maximum Gasteiger partial charge on any atom is 0.169 e. The van der Waals surface area contributed by atoms with Crippen molar-refractivity contribution in [1.82, 2.24) is 0 Å². The average molecular weight is 516 g/mol. The lowest BCUT2D eigenvalue weighted by molar-refractivity contribution is -0.698. The van der Waals surface area contributed by atoms with E-state index in [1.165, 1.54) is 36.8 Å². The van der Waals surface area contributed by atoms with Gasteiger partial charge in [-0.2, -0.15) is 0 Å². The second-order valence-corrected chi connectivity index (χ2v) is 9.68. The Labute approximate surface area is 224 Å². The number of hydrogen-bond donors (Lipinski definition) is 0. The Kier molecular flexibility index (Phi) is 9.90. The molecule has 0 aliphatic heterocycles. The fourth-order valence-corrected chi connectivity index (χ4v) is 4.39. The Bertz CT molecular complexity index is 1190. The molecule has 2 nitrogen and oxygen atoms in total. The Balaban J connectivity index is 1.13. The van der Waals surface area contributed by atoms with Gasteiger partial charge in [0.15, 0.2) is 24.8 Å². The molecule has 0 spiro atoms. The first-order valence-electron chi connectivity index (χ1n) is 12.5. The second-order valence-electron chi connectivity index (χ2n) is 8.86. The first kappa shape index (κ1) is 25.9. The van der Waals surface area contributed by atoms with Gasteiger partial charge in [0, 0.05) is 47.2 Å². The highest BCUT2D eigenvalue weighted by Crippen LogP contribution is 2.18. The molecule has 0 amide bonds. The van der Waals surface area contributed by atoms with Crippen LogP contribution in [0.1, 0.15) is 47.9 Å². The minimum absolute atomic E-state index is 0.775. The Morgan fingerprint density at radius 2 is 0.861 bits per heavy atom.